The Labute approximate surface area is 437 Å². The first-order valence-corrected chi connectivity index (χ1v) is 26.0. The molecule has 5 aromatic rings. The minimum absolute atomic E-state index is 0.0147. The molecule has 0 bridgehead atoms. The summed E-state index contributed by atoms with van der Waals surface area (Å²) >= 11 is 1.57. The summed E-state index contributed by atoms with van der Waals surface area (Å²) in [5.41, 5.74) is 6.69. The monoisotopic (exact) mass is 1040 g/mol. The van der Waals surface area contributed by atoms with Gasteiger partial charge in [0.2, 0.25) is 17.7 Å². The Balaban J connectivity index is 0.730. The van der Waals surface area contributed by atoms with E-state index in [2.05, 4.69) is 30.4 Å². The minimum Gasteiger partial charge on any atom is -0.496 e. The van der Waals surface area contributed by atoms with Crippen LogP contribution in [-0.2, 0) is 53.5 Å². The number of nitrogens with one attached hydrogen (secondary N) is 2. The summed E-state index contributed by atoms with van der Waals surface area (Å²) in [6.45, 7) is 15.1. The van der Waals surface area contributed by atoms with Crippen molar-refractivity contribution in [2.45, 2.75) is 65.4 Å². The average molecular weight is 1040 g/mol. The van der Waals surface area contributed by atoms with Crippen molar-refractivity contribution in [1.29, 1.82) is 0 Å². The van der Waals surface area contributed by atoms with E-state index >= 15 is 0 Å². The van der Waals surface area contributed by atoms with Crippen LogP contribution in [0.5, 0.6) is 11.5 Å². The van der Waals surface area contributed by atoms with Crippen molar-refractivity contribution in [1.82, 2.24) is 39.9 Å². The van der Waals surface area contributed by atoms with E-state index in [1.165, 1.54) is 4.90 Å². The lowest BCUT2D eigenvalue weighted by molar-refractivity contribution is -0.144. The molecule has 0 unspecified atom stereocenters. The molecule has 3 atom stereocenters. The van der Waals surface area contributed by atoms with Crippen LogP contribution in [0.3, 0.4) is 0 Å². The number of aliphatic hydroxyl groups is 1. The molecule has 7 rings (SSSR count). The SMILES string of the molecule is COc1cc(-c2cn(C)c(=O)c3cnccc23)cc(OC)c1CN1CCN(CCOCCOCCOCCOCC(=O)N[C@H](C(=O)N2C[C@H](O)C[C@H]2C(=O)NCc2ccc(-c3scnc3C)cc2)C(C)(C)C)CC1. The summed E-state index contributed by atoms with van der Waals surface area (Å²) in [7, 11) is 5.07. The third-order valence-corrected chi connectivity index (χ3v) is 14.3. The number of pyridine rings is 2. The van der Waals surface area contributed by atoms with Gasteiger partial charge in [-0.25, -0.2) is 4.98 Å². The fraction of sp³-hybridized carbons (Fsp3) is 0.519. The average Bonchev–Trinajstić information content (AvgIpc) is 4.02. The molecule has 0 saturated carbocycles. The van der Waals surface area contributed by atoms with Crippen LogP contribution >= 0.6 is 11.3 Å². The Kier molecular flexibility index (Phi) is 20.1. The predicted molar refractivity (Wildman–Crippen MR) is 282 cm³/mol. The topological polar surface area (TPSA) is 208 Å². The summed E-state index contributed by atoms with van der Waals surface area (Å²) in [5, 5.41) is 17.7. The Hall–Kier alpha value is -5.84. The van der Waals surface area contributed by atoms with Gasteiger partial charge >= 0.3 is 0 Å². The van der Waals surface area contributed by atoms with Gasteiger partial charge in [0.05, 0.1) is 93.6 Å². The van der Waals surface area contributed by atoms with Crippen LogP contribution in [0, 0.1) is 12.3 Å². The minimum atomic E-state index is -0.962. The zero-order chi connectivity index (χ0) is 52.8. The molecule has 2 aromatic carbocycles. The third-order valence-electron chi connectivity index (χ3n) is 13.4. The number of β-amino-alcohol motifs (C(OH)–C–C–N with tert-alkyl or cyclic N) is 1. The number of benzene rings is 2. The van der Waals surface area contributed by atoms with Gasteiger partial charge in [-0.2, -0.15) is 0 Å². The number of piperazine rings is 1. The zero-order valence-corrected chi connectivity index (χ0v) is 44.5. The zero-order valence-electron chi connectivity index (χ0n) is 43.7. The number of aryl methyl sites for hydroxylation is 2. The van der Waals surface area contributed by atoms with E-state index in [0.717, 1.165) is 88.0 Å². The molecule has 5 heterocycles. The quantitative estimate of drug-likeness (QED) is 0.0706. The smallest absolute Gasteiger partial charge is 0.259 e. The number of nitrogens with zero attached hydrogens (tertiary/aromatic N) is 6. The maximum Gasteiger partial charge on any atom is 0.259 e. The van der Waals surface area contributed by atoms with Crippen LogP contribution in [0.4, 0.5) is 0 Å². The van der Waals surface area contributed by atoms with Crippen LogP contribution in [-0.4, -0.2) is 177 Å². The molecule has 19 nitrogen and oxygen atoms in total. The molecule has 74 heavy (non-hydrogen) atoms. The van der Waals surface area contributed by atoms with Gasteiger partial charge in [-0.1, -0.05) is 45.0 Å². The highest BCUT2D eigenvalue weighted by Gasteiger charge is 2.44. The highest BCUT2D eigenvalue weighted by Crippen LogP contribution is 2.38. The normalized spacial score (nSPS) is 16.9. The van der Waals surface area contributed by atoms with Gasteiger partial charge in [0.25, 0.3) is 5.56 Å². The molecule has 3 N–H and O–H groups in total. The van der Waals surface area contributed by atoms with Crippen molar-refractivity contribution < 1.29 is 47.9 Å². The second kappa shape index (κ2) is 26.6. The van der Waals surface area contributed by atoms with Gasteiger partial charge in [0.1, 0.15) is 30.2 Å². The van der Waals surface area contributed by atoms with Crippen molar-refractivity contribution in [3.05, 3.63) is 93.7 Å². The summed E-state index contributed by atoms with van der Waals surface area (Å²) in [4.78, 5) is 68.9. The Morgan fingerprint density at radius 3 is 2.11 bits per heavy atom. The van der Waals surface area contributed by atoms with Gasteiger partial charge in [0.15, 0.2) is 0 Å². The Morgan fingerprint density at radius 2 is 1.49 bits per heavy atom. The lowest BCUT2D eigenvalue weighted by Crippen LogP contribution is -2.58. The number of carbonyl (C=O) groups is 3. The summed E-state index contributed by atoms with van der Waals surface area (Å²) in [6, 6.07) is 11.9. The predicted octanol–water partition coefficient (Wildman–Crippen LogP) is 4.04. The molecule has 2 aliphatic heterocycles. The molecule has 3 aromatic heterocycles. The number of likely N-dealkylation sites (tertiary alicyclic amines) is 1. The number of fused-ring (bicyclic) bond motifs is 1. The lowest BCUT2D eigenvalue weighted by atomic mass is 9.85. The number of carbonyl (C=O) groups excluding carboxylic acids is 3. The van der Waals surface area contributed by atoms with E-state index in [-0.39, 0.29) is 50.8 Å². The summed E-state index contributed by atoms with van der Waals surface area (Å²) in [6.07, 6.45) is 4.37. The largest absolute Gasteiger partial charge is 0.496 e. The summed E-state index contributed by atoms with van der Waals surface area (Å²) in [5.74, 6) is 0.169. The number of hydrogen-bond donors (Lipinski definition) is 3. The van der Waals surface area contributed by atoms with Gasteiger partial charge in [0, 0.05) is 90.0 Å². The van der Waals surface area contributed by atoms with Gasteiger partial charge < -0.3 is 53.6 Å². The number of methoxy groups -OCH3 is 2. The van der Waals surface area contributed by atoms with Crippen molar-refractivity contribution in [2.24, 2.45) is 12.5 Å². The van der Waals surface area contributed by atoms with E-state index in [4.69, 9.17) is 28.4 Å². The van der Waals surface area contributed by atoms with Crippen LogP contribution in [0.15, 0.2) is 71.4 Å². The molecule has 20 heteroatoms. The molecule has 400 valence electrons. The van der Waals surface area contributed by atoms with Crippen molar-refractivity contribution in [3.63, 3.8) is 0 Å². The van der Waals surface area contributed by atoms with E-state index in [1.807, 2.05) is 81.9 Å². The first-order chi connectivity index (χ1) is 35.6. The van der Waals surface area contributed by atoms with E-state index in [1.54, 1.807) is 49.6 Å². The number of aromatic nitrogens is 3. The first-order valence-electron chi connectivity index (χ1n) is 25.1. The standard InChI is InChI=1S/C54H72N8O11S/c1-36-49(74-35-57-36)38-10-8-37(9-11-38)29-56-51(65)45-28-40(63)31-62(45)53(67)50(54(2,3)4)58-48(64)34-73-25-24-72-23-22-71-21-20-70-19-18-60-14-16-61(17-15-60)33-44-46(68-6)26-39(27-47(44)69-7)43-32-59(5)52(66)42-30-55-13-12-41(42)43/h8-13,26-27,30,32,35,40,45,50,63H,14-25,28-29,31,33-34H2,1-7H3,(H,56,65)(H,58,64)/t40-,45+,50-/m1/s1. The highest BCUT2D eigenvalue weighted by molar-refractivity contribution is 7.13. The van der Waals surface area contributed by atoms with E-state index < -0.39 is 35.4 Å². The third kappa shape index (κ3) is 14.7. The highest BCUT2D eigenvalue weighted by atomic mass is 32.1. The maximum absolute atomic E-state index is 14.0. The molecular weight excluding hydrogens is 969 g/mol. The Bertz CT molecular complexity index is 2690. The van der Waals surface area contributed by atoms with Crippen molar-refractivity contribution >= 4 is 39.8 Å². The van der Waals surface area contributed by atoms with Crippen LogP contribution in [0.1, 0.15) is 44.0 Å². The maximum atomic E-state index is 14.0. The molecule has 0 aliphatic carbocycles. The molecule has 2 fully saturated rings. The molecule has 3 amide bonds. The van der Waals surface area contributed by atoms with Gasteiger partial charge in [-0.3, -0.25) is 34.0 Å². The lowest BCUT2D eigenvalue weighted by Gasteiger charge is -2.35. The molecule has 2 saturated heterocycles. The van der Waals surface area contributed by atoms with Gasteiger partial charge in [-0.15, -0.1) is 11.3 Å². The molecule has 0 spiro atoms. The van der Waals surface area contributed by atoms with Crippen molar-refractivity contribution in [2.75, 3.05) is 106 Å². The second-order valence-corrected chi connectivity index (χ2v) is 20.5. The first kappa shape index (κ1) is 55.9. The number of thiazole rings is 1. The van der Waals surface area contributed by atoms with E-state index in [9.17, 15) is 24.3 Å². The molecular formula is C54H72N8O11S. The fourth-order valence-electron chi connectivity index (χ4n) is 9.23. The fourth-order valence-corrected chi connectivity index (χ4v) is 10.0. The van der Waals surface area contributed by atoms with Gasteiger partial charge in [-0.05, 0) is 52.6 Å². The second-order valence-electron chi connectivity index (χ2n) is 19.7. The summed E-state index contributed by atoms with van der Waals surface area (Å²) < 4.78 is 36.1. The van der Waals surface area contributed by atoms with Crippen LogP contribution < -0.4 is 25.7 Å². The van der Waals surface area contributed by atoms with E-state index in [0.29, 0.717) is 45.0 Å². The van der Waals surface area contributed by atoms with Crippen molar-refractivity contribution in [3.8, 4) is 33.1 Å². The van der Waals surface area contributed by atoms with Crippen LogP contribution in [0.2, 0.25) is 0 Å². The number of hydrogen-bond acceptors (Lipinski definition) is 16. The number of amides is 3. The molecule has 0 radical (unpaired) electrons. The number of ether oxygens (including phenoxy) is 6. The molecule has 2 aliphatic rings. The number of aliphatic hydroxyl groups excluding tert-OH is 1. The van der Waals surface area contributed by atoms with Crippen LogP contribution in [0.25, 0.3) is 32.3 Å². The Morgan fingerprint density at radius 1 is 0.851 bits per heavy atom. The number of rotatable bonds is 25.